The number of hydrogen-bond acceptors (Lipinski definition) is 4. The number of hydrogen-bond donors (Lipinski definition) is 2. The Balaban J connectivity index is 1.36. The van der Waals surface area contributed by atoms with Gasteiger partial charge in [0.25, 0.3) is 0 Å². The third-order valence-electron chi connectivity index (χ3n) is 5.05. The fourth-order valence-corrected chi connectivity index (χ4v) is 5.13. The van der Waals surface area contributed by atoms with Crippen LogP contribution in [-0.4, -0.2) is 54.1 Å². The van der Waals surface area contributed by atoms with Gasteiger partial charge < -0.3 is 20.3 Å². The van der Waals surface area contributed by atoms with Crippen molar-refractivity contribution in [3.8, 4) is 5.75 Å². The number of nitrogens with one attached hydrogen (secondary N) is 2. The number of ether oxygens (including phenoxy) is 1. The molecule has 0 aliphatic carbocycles. The van der Waals surface area contributed by atoms with Gasteiger partial charge in [-0.3, -0.25) is 4.79 Å². The number of carbonyl (C=O) groups is 2. The van der Waals surface area contributed by atoms with E-state index in [1.807, 2.05) is 43.1 Å². The first-order valence-corrected chi connectivity index (χ1v) is 10.2. The second-order valence-electron chi connectivity index (χ2n) is 6.97. The van der Waals surface area contributed by atoms with Crippen LogP contribution in [0.15, 0.2) is 24.3 Å². The Labute approximate surface area is 159 Å². The van der Waals surface area contributed by atoms with Crippen molar-refractivity contribution >= 4 is 23.7 Å². The highest BCUT2D eigenvalue weighted by atomic mass is 32.2. The second-order valence-corrected chi connectivity index (χ2v) is 8.24. The fraction of sp³-hybridized carbons (Fsp3) is 0.579. The summed E-state index contributed by atoms with van der Waals surface area (Å²) in [5.41, 5.74) is 1.07. The normalized spacial score (nSPS) is 23.9. The molecule has 1 aromatic rings. The average molecular weight is 378 g/mol. The summed E-state index contributed by atoms with van der Waals surface area (Å²) in [4.78, 5) is 25.5. The number of methoxy groups -OCH3 is 1. The fourth-order valence-electron chi connectivity index (χ4n) is 3.59. The molecule has 0 bridgehead atoms. The first kappa shape index (κ1) is 18.9. The minimum atomic E-state index is -0.0420. The van der Waals surface area contributed by atoms with E-state index in [1.54, 1.807) is 12.0 Å². The molecule has 3 rings (SSSR count). The van der Waals surface area contributed by atoms with Gasteiger partial charge in [-0.15, -0.1) is 0 Å². The molecular formula is C19H27N3O3S. The molecule has 142 valence electrons. The minimum absolute atomic E-state index is 0.0420. The molecule has 2 aliphatic heterocycles. The van der Waals surface area contributed by atoms with E-state index in [0.717, 1.165) is 36.3 Å². The number of urea groups is 1. The number of unbranched alkanes of at least 4 members (excludes halogenated alkanes) is 1. The third kappa shape index (κ3) is 4.63. The lowest BCUT2D eigenvalue weighted by molar-refractivity contribution is -0.130. The van der Waals surface area contributed by atoms with Crippen molar-refractivity contribution in [1.29, 1.82) is 0 Å². The van der Waals surface area contributed by atoms with Gasteiger partial charge in [0.15, 0.2) is 0 Å². The first-order chi connectivity index (χ1) is 12.6. The van der Waals surface area contributed by atoms with Crippen LogP contribution in [0.3, 0.4) is 0 Å². The number of amides is 3. The Morgan fingerprint density at radius 1 is 1.35 bits per heavy atom. The predicted octanol–water partition coefficient (Wildman–Crippen LogP) is 2.38. The molecule has 2 fully saturated rings. The molecular weight excluding hydrogens is 350 g/mol. The molecule has 3 atom stereocenters. The van der Waals surface area contributed by atoms with Gasteiger partial charge in [-0.25, -0.2) is 4.79 Å². The SMILES string of the molecule is COc1cccc(CN(C)C(=O)CCCC[C@@H]2SC[C@H]3NC(=O)N[C@H]23)c1. The molecule has 2 heterocycles. The molecule has 3 amide bonds. The van der Waals surface area contributed by atoms with Gasteiger partial charge in [0.2, 0.25) is 5.91 Å². The highest BCUT2D eigenvalue weighted by Gasteiger charge is 2.42. The zero-order valence-corrected chi connectivity index (χ0v) is 16.2. The van der Waals surface area contributed by atoms with Crippen molar-refractivity contribution in [2.75, 3.05) is 19.9 Å². The van der Waals surface area contributed by atoms with Gasteiger partial charge >= 0.3 is 6.03 Å². The van der Waals surface area contributed by atoms with Gasteiger partial charge in [0, 0.05) is 31.0 Å². The van der Waals surface area contributed by atoms with Crippen LogP contribution in [0.25, 0.3) is 0 Å². The van der Waals surface area contributed by atoms with Crippen LogP contribution in [0.1, 0.15) is 31.2 Å². The lowest BCUT2D eigenvalue weighted by Gasteiger charge is -2.19. The van der Waals surface area contributed by atoms with Crippen molar-refractivity contribution in [3.63, 3.8) is 0 Å². The Morgan fingerprint density at radius 3 is 3.00 bits per heavy atom. The van der Waals surface area contributed by atoms with Crippen molar-refractivity contribution in [1.82, 2.24) is 15.5 Å². The first-order valence-electron chi connectivity index (χ1n) is 9.12. The highest BCUT2D eigenvalue weighted by molar-refractivity contribution is 8.00. The summed E-state index contributed by atoms with van der Waals surface area (Å²) in [6, 6.07) is 8.28. The topological polar surface area (TPSA) is 70.7 Å². The van der Waals surface area contributed by atoms with E-state index in [0.29, 0.717) is 18.2 Å². The van der Waals surface area contributed by atoms with Crippen LogP contribution in [0.2, 0.25) is 0 Å². The van der Waals surface area contributed by atoms with Crippen LogP contribution < -0.4 is 15.4 Å². The Kier molecular flexibility index (Phi) is 6.29. The lowest BCUT2D eigenvalue weighted by atomic mass is 10.0. The monoisotopic (exact) mass is 377 g/mol. The Hall–Kier alpha value is -1.89. The molecule has 0 aromatic heterocycles. The van der Waals surface area contributed by atoms with Gasteiger partial charge in [-0.1, -0.05) is 18.6 Å². The van der Waals surface area contributed by atoms with E-state index in [-0.39, 0.29) is 24.0 Å². The van der Waals surface area contributed by atoms with Crippen molar-refractivity contribution < 1.29 is 14.3 Å². The summed E-state index contributed by atoms with van der Waals surface area (Å²) in [7, 11) is 3.49. The standard InChI is InChI=1S/C19H27N3O3S/c1-22(11-13-6-5-7-14(10-13)25-2)17(23)9-4-3-8-16-18-15(12-26-16)20-19(24)21-18/h5-7,10,15-16,18H,3-4,8-9,11-12H2,1-2H3,(H2,20,21,24)/t15-,16+,18+/m1/s1. The van der Waals surface area contributed by atoms with Crippen LogP contribution in [0, 0.1) is 0 Å². The van der Waals surface area contributed by atoms with Crippen LogP contribution >= 0.6 is 11.8 Å². The van der Waals surface area contributed by atoms with Crippen molar-refractivity contribution in [2.45, 2.75) is 49.6 Å². The average Bonchev–Trinajstić information content (AvgIpc) is 3.18. The van der Waals surface area contributed by atoms with E-state index in [2.05, 4.69) is 10.6 Å². The molecule has 0 unspecified atom stereocenters. The lowest BCUT2D eigenvalue weighted by Crippen LogP contribution is -2.36. The molecule has 1 aromatic carbocycles. The summed E-state index contributed by atoms with van der Waals surface area (Å²) in [6.07, 6.45) is 3.50. The van der Waals surface area contributed by atoms with E-state index in [1.165, 1.54) is 0 Å². The van der Waals surface area contributed by atoms with Gasteiger partial charge in [-0.05, 0) is 30.5 Å². The molecule has 26 heavy (non-hydrogen) atoms. The summed E-state index contributed by atoms with van der Waals surface area (Å²) in [6.45, 7) is 0.593. The largest absolute Gasteiger partial charge is 0.497 e. The quantitative estimate of drug-likeness (QED) is 0.539. The maximum atomic E-state index is 12.3. The smallest absolute Gasteiger partial charge is 0.315 e. The van der Waals surface area contributed by atoms with Crippen LogP contribution in [0.5, 0.6) is 5.75 Å². The van der Waals surface area contributed by atoms with Crippen molar-refractivity contribution in [3.05, 3.63) is 29.8 Å². The zero-order chi connectivity index (χ0) is 18.5. The maximum absolute atomic E-state index is 12.3. The van der Waals surface area contributed by atoms with Gasteiger partial charge in [0.05, 0.1) is 19.2 Å². The molecule has 2 saturated heterocycles. The number of thioether (sulfide) groups is 1. The van der Waals surface area contributed by atoms with E-state index < -0.39 is 0 Å². The van der Waals surface area contributed by atoms with Gasteiger partial charge in [0.1, 0.15) is 5.75 Å². The number of benzene rings is 1. The zero-order valence-electron chi connectivity index (χ0n) is 15.4. The molecule has 7 heteroatoms. The molecule has 2 aliphatic rings. The maximum Gasteiger partial charge on any atom is 0.315 e. The summed E-state index contributed by atoms with van der Waals surface area (Å²) < 4.78 is 5.23. The van der Waals surface area contributed by atoms with Gasteiger partial charge in [-0.2, -0.15) is 11.8 Å². The number of rotatable bonds is 8. The summed E-state index contributed by atoms with van der Waals surface area (Å²) in [5, 5.41) is 6.44. The predicted molar refractivity (Wildman–Crippen MR) is 103 cm³/mol. The third-order valence-corrected chi connectivity index (χ3v) is 6.56. The summed E-state index contributed by atoms with van der Waals surface area (Å²) in [5.74, 6) is 1.96. The summed E-state index contributed by atoms with van der Waals surface area (Å²) >= 11 is 1.92. The molecule has 0 radical (unpaired) electrons. The Bertz CT molecular complexity index is 655. The number of fused-ring (bicyclic) bond motifs is 1. The minimum Gasteiger partial charge on any atom is -0.497 e. The second kappa shape index (κ2) is 8.66. The molecule has 0 saturated carbocycles. The molecule has 0 spiro atoms. The number of carbonyl (C=O) groups excluding carboxylic acids is 2. The van der Waals surface area contributed by atoms with Crippen molar-refractivity contribution in [2.24, 2.45) is 0 Å². The molecule has 2 N–H and O–H groups in total. The highest BCUT2D eigenvalue weighted by Crippen LogP contribution is 2.33. The van der Waals surface area contributed by atoms with Crippen LogP contribution in [0.4, 0.5) is 4.79 Å². The molecule has 6 nitrogen and oxygen atoms in total. The van der Waals surface area contributed by atoms with E-state index >= 15 is 0 Å². The number of nitrogens with zero attached hydrogens (tertiary/aromatic N) is 1. The van der Waals surface area contributed by atoms with E-state index in [9.17, 15) is 9.59 Å². The van der Waals surface area contributed by atoms with E-state index in [4.69, 9.17) is 4.74 Å². The Morgan fingerprint density at radius 2 is 2.19 bits per heavy atom. The van der Waals surface area contributed by atoms with Crippen LogP contribution in [-0.2, 0) is 11.3 Å².